The van der Waals surface area contributed by atoms with Gasteiger partial charge in [0, 0.05) is 6.07 Å². The summed E-state index contributed by atoms with van der Waals surface area (Å²) in [6.45, 7) is 0. The van der Waals surface area contributed by atoms with Crippen LogP contribution in [0, 0.1) is 0 Å². The average Bonchev–Trinajstić information content (AvgIpc) is 2.68. The van der Waals surface area contributed by atoms with Crippen molar-refractivity contribution >= 4 is 11.0 Å². The van der Waals surface area contributed by atoms with Gasteiger partial charge in [0.2, 0.25) is 0 Å². The molecule has 0 radical (unpaired) electrons. The Bertz CT molecular complexity index is 1090. The van der Waals surface area contributed by atoms with E-state index in [2.05, 4.69) is 0 Å². The Kier molecular flexibility index (Phi) is 3.82. The molecule has 122 valence electrons. The van der Waals surface area contributed by atoms with Crippen molar-refractivity contribution in [2.24, 2.45) is 0 Å². The van der Waals surface area contributed by atoms with Crippen molar-refractivity contribution in [2.75, 3.05) is 7.11 Å². The summed E-state index contributed by atoms with van der Waals surface area (Å²) in [5.41, 5.74) is 3.38. The van der Waals surface area contributed by atoms with Crippen LogP contribution in [0.1, 0.15) is 0 Å². The molecule has 1 heterocycles. The van der Waals surface area contributed by atoms with Crippen molar-refractivity contribution in [3.8, 4) is 28.2 Å². The molecular formula is C22H16O3. The molecule has 0 unspecified atom stereocenters. The summed E-state index contributed by atoms with van der Waals surface area (Å²) < 4.78 is 11.5. The summed E-state index contributed by atoms with van der Waals surface area (Å²) in [5, 5.41) is 0.574. The standard InChI is InChI=1S/C22H16O3/c1-24-20-12-11-16(15-7-3-2-4-8-15)13-18(20)22-14-19(23)17-9-5-6-10-21(17)25-22/h2-14H,1H3. The maximum Gasteiger partial charge on any atom is 0.193 e. The van der Waals surface area contributed by atoms with Gasteiger partial charge < -0.3 is 9.15 Å². The summed E-state index contributed by atoms with van der Waals surface area (Å²) in [6.07, 6.45) is 0. The Balaban J connectivity index is 1.94. The van der Waals surface area contributed by atoms with E-state index in [0.29, 0.717) is 22.5 Å². The largest absolute Gasteiger partial charge is 0.496 e. The van der Waals surface area contributed by atoms with Crippen LogP contribution in [-0.2, 0) is 0 Å². The quantitative estimate of drug-likeness (QED) is 0.523. The van der Waals surface area contributed by atoms with Crippen LogP contribution in [0.5, 0.6) is 5.75 Å². The third-order valence-electron chi connectivity index (χ3n) is 4.21. The Hall–Kier alpha value is -3.33. The van der Waals surface area contributed by atoms with E-state index in [0.717, 1.165) is 16.7 Å². The second-order valence-electron chi connectivity index (χ2n) is 5.75. The minimum Gasteiger partial charge on any atom is -0.496 e. The number of ether oxygens (including phenoxy) is 1. The Labute approximate surface area is 145 Å². The monoisotopic (exact) mass is 328 g/mol. The smallest absolute Gasteiger partial charge is 0.193 e. The van der Waals surface area contributed by atoms with Crippen LogP contribution in [-0.4, -0.2) is 7.11 Å². The fourth-order valence-electron chi connectivity index (χ4n) is 2.95. The third kappa shape index (κ3) is 2.81. The number of rotatable bonds is 3. The molecule has 0 spiro atoms. The Morgan fingerprint density at radius 1 is 0.800 bits per heavy atom. The molecule has 0 aliphatic rings. The normalized spacial score (nSPS) is 10.8. The molecule has 0 bridgehead atoms. The number of para-hydroxylation sites is 1. The molecule has 0 atom stereocenters. The van der Waals surface area contributed by atoms with Gasteiger partial charge in [-0.15, -0.1) is 0 Å². The SMILES string of the molecule is COc1ccc(-c2ccccc2)cc1-c1cc(=O)c2ccccc2o1. The van der Waals surface area contributed by atoms with E-state index in [1.165, 1.54) is 6.07 Å². The highest BCUT2D eigenvalue weighted by atomic mass is 16.5. The lowest BCUT2D eigenvalue weighted by Crippen LogP contribution is -2.00. The molecule has 3 aromatic carbocycles. The van der Waals surface area contributed by atoms with Gasteiger partial charge in [-0.2, -0.15) is 0 Å². The number of hydrogen-bond donors (Lipinski definition) is 0. The van der Waals surface area contributed by atoms with Gasteiger partial charge >= 0.3 is 0 Å². The first kappa shape index (κ1) is 15.2. The van der Waals surface area contributed by atoms with Crippen LogP contribution in [0.15, 0.2) is 88.1 Å². The van der Waals surface area contributed by atoms with Crippen molar-refractivity contribution < 1.29 is 9.15 Å². The molecule has 3 nitrogen and oxygen atoms in total. The van der Waals surface area contributed by atoms with Crippen LogP contribution in [0.3, 0.4) is 0 Å². The summed E-state index contributed by atoms with van der Waals surface area (Å²) in [4.78, 5) is 12.4. The Morgan fingerprint density at radius 3 is 2.36 bits per heavy atom. The Morgan fingerprint density at radius 2 is 1.56 bits per heavy atom. The van der Waals surface area contributed by atoms with Crippen molar-refractivity contribution in [3.63, 3.8) is 0 Å². The summed E-state index contributed by atoms with van der Waals surface area (Å²) in [7, 11) is 1.61. The van der Waals surface area contributed by atoms with E-state index in [1.807, 2.05) is 60.7 Å². The lowest BCUT2D eigenvalue weighted by molar-refractivity contribution is 0.415. The highest BCUT2D eigenvalue weighted by molar-refractivity contribution is 5.81. The molecule has 4 aromatic rings. The zero-order valence-corrected chi connectivity index (χ0v) is 13.7. The number of methoxy groups -OCH3 is 1. The minimum absolute atomic E-state index is 0.0657. The molecule has 0 aliphatic heterocycles. The van der Waals surface area contributed by atoms with E-state index in [1.54, 1.807) is 19.2 Å². The lowest BCUT2D eigenvalue weighted by Gasteiger charge is -2.11. The maximum atomic E-state index is 12.4. The number of hydrogen-bond acceptors (Lipinski definition) is 3. The van der Waals surface area contributed by atoms with E-state index in [4.69, 9.17) is 9.15 Å². The van der Waals surface area contributed by atoms with E-state index in [-0.39, 0.29) is 5.43 Å². The first-order chi connectivity index (χ1) is 12.3. The van der Waals surface area contributed by atoms with Gasteiger partial charge in [0.05, 0.1) is 18.1 Å². The zero-order valence-electron chi connectivity index (χ0n) is 13.7. The summed E-state index contributed by atoms with van der Waals surface area (Å²) in [5.74, 6) is 1.16. The van der Waals surface area contributed by atoms with E-state index < -0.39 is 0 Å². The molecule has 0 fully saturated rings. The van der Waals surface area contributed by atoms with Crippen LogP contribution in [0.2, 0.25) is 0 Å². The van der Waals surface area contributed by atoms with Crippen molar-refractivity contribution in [1.29, 1.82) is 0 Å². The molecule has 0 N–H and O–H groups in total. The van der Waals surface area contributed by atoms with Crippen LogP contribution < -0.4 is 10.2 Å². The van der Waals surface area contributed by atoms with Gasteiger partial charge in [0.1, 0.15) is 17.1 Å². The van der Waals surface area contributed by atoms with Gasteiger partial charge in [-0.05, 0) is 35.4 Å². The first-order valence-corrected chi connectivity index (χ1v) is 8.03. The second kappa shape index (κ2) is 6.29. The van der Waals surface area contributed by atoms with Gasteiger partial charge in [-0.1, -0.05) is 48.5 Å². The number of fused-ring (bicyclic) bond motifs is 1. The molecule has 1 aromatic heterocycles. The molecule has 0 saturated heterocycles. The maximum absolute atomic E-state index is 12.4. The van der Waals surface area contributed by atoms with Crippen LogP contribution in [0.4, 0.5) is 0 Å². The van der Waals surface area contributed by atoms with Crippen molar-refractivity contribution in [1.82, 2.24) is 0 Å². The topological polar surface area (TPSA) is 39.4 Å². The zero-order chi connectivity index (χ0) is 17.2. The third-order valence-corrected chi connectivity index (χ3v) is 4.21. The van der Waals surface area contributed by atoms with E-state index >= 15 is 0 Å². The fraction of sp³-hybridized carbons (Fsp3) is 0.0455. The lowest BCUT2D eigenvalue weighted by atomic mass is 10.0. The second-order valence-corrected chi connectivity index (χ2v) is 5.75. The van der Waals surface area contributed by atoms with Gasteiger partial charge in [-0.3, -0.25) is 4.79 Å². The van der Waals surface area contributed by atoms with Crippen molar-refractivity contribution in [2.45, 2.75) is 0 Å². The molecule has 0 aliphatic carbocycles. The van der Waals surface area contributed by atoms with Crippen molar-refractivity contribution in [3.05, 3.63) is 89.1 Å². The average molecular weight is 328 g/mol. The minimum atomic E-state index is -0.0657. The fourth-order valence-corrected chi connectivity index (χ4v) is 2.95. The first-order valence-electron chi connectivity index (χ1n) is 8.03. The van der Waals surface area contributed by atoms with Gasteiger partial charge in [0.15, 0.2) is 5.43 Å². The van der Waals surface area contributed by atoms with Crippen LogP contribution in [0.25, 0.3) is 33.4 Å². The highest BCUT2D eigenvalue weighted by Gasteiger charge is 2.13. The molecule has 25 heavy (non-hydrogen) atoms. The van der Waals surface area contributed by atoms with E-state index in [9.17, 15) is 4.79 Å². The van der Waals surface area contributed by atoms with Crippen LogP contribution >= 0.6 is 0 Å². The molecule has 3 heteroatoms. The highest BCUT2D eigenvalue weighted by Crippen LogP contribution is 2.34. The summed E-state index contributed by atoms with van der Waals surface area (Å²) >= 11 is 0. The molecule has 4 rings (SSSR count). The molecule has 0 amide bonds. The summed E-state index contributed by atoms with van der Waals surface area (Å²) in [6, 6.07) is 24.7. The number of benzene rings is 3. The van der Waals surface area contributed by atoms with Gasteiger partial charge in [-0.25, -0.2) is 0 Å². The van der Waals surface area contributed by atoms with Gasteiger partial charge in [0.25, 0.3) is 0 Å². The predicted molar refractivity (Wildman–Crippen MR) is 99.9 cm³/mol. The molecule has 0 saturated carbocycles. The molecular weight excluding hydrogens is 312 g/mol. The predicted octanol–water partition coefficient (Wildman–Crippen LogP) is 5.14.